The van der Waals surface area contributed by atoms with Crippen molar-refractivity contribution in [3.8, 4) is 0 Å². The Labute approximate surface area is 133 Å². The van der Waals surface area contributed by atoms with Gasteiger partial charge in [-0.15, -0.1) is 0 Å². The smallest absolute Gasteiger partial charge is 0.155 e. The van der Waals surface area contributed by atoms with E-state index in [4.69, 9.17) is 4.52 Å². The molecule has 0 amide bonds. The van der Waals surface area contributed by atoms with Gasteiger partial charge >= 0.3 is 0 Å². The van der Waals surface area contributed by atoms with Crippen molar-refractivity contribution in [1.82, 2.24) is 24.7 Å². The number of fused-ring (bicyclic) bond motifs is 1. The van der Waals surface area contributed by atoms with Gasteiger partial charge in [0.15, 0.2) is 5.65 Å². The summed E-state index contributed by atoms with van der Waals surface area (Å²) in [5.74, 6) is 1.03. The van der Waals surface area contributed by atoms with Crippen LogP contribution in [0.25, 0.3) is 5.65 Å². The van der Waals surface area contributed by atoms with Crippen LogP contribution in [0.3, 0.4) is 0 Å². The Kier molecular flexibility index (Phi) is 3.59. The summed E-state index contributed by atoms with van der Waals surface area (Å²) in [6.45, 7) is 4.23. The van der Waals surface area contributed by atoms with Crippen molar-refractivity contribution in [2.75, 3.05) is 13.1 Å². The zero-order chi connectivity index (χ0) is 15.8. The van der Waals surface area contributed by atoms with E-state index >= 15 is 0 Å². The lowest BCUT2D eigenvalue weighted by Gasteiger charge is -2.15. The van der Waals surface area contributed by atoms with Crippen LogP contribution < -0.4 is 0 Å². The van der Waals surface area contributed by atoms with Crippen LogP contribution in [0, 0.1) is 12.8 Å². The number of likely N-dealkylation sites (tertiary alicyclic amines) is 1. The Morgan fingerprint density at radius 1 is 1.35 bits per heavy atom. The van der Waals surface area contributed by atoms with E-state index in [-0.39, 0.29) is 12.0 Å². The fourth-order valence-corrected chi connectivity index (χ4v) is 3.26. The van der Waals surface area contributed by atoms with Crippen molar-refractivity contribution in [2.45, 2.75) is 26.0 Å². The summed E-state index contributed by atoms with van der Waals surface area (Å²) in [4.78, 5) is 6.47. The summed E-state index contributed by atoms with van der Waals surface area (Å²) in [5.41, 5.74) is 2.90. The Morgan fingerprint density at radius 3 is 3.09 bits per heavy atom. The van der Waals surface area contributed by atoms with E-state index < -0.39 is 0 Å². The van der Waals surface area contributed by atoms with Gasteiger partial charge in [0.2, 0.25) is 0 Å². The minimum atomic E-state index is -0.336. The first-order valence-corrected chi connectivity index (χ1v) is 7.78. The molecule has 0 spiro atoms. The normalized spacial score (nSPS) is 22.2. The molecule has 120 valence electrons. The van der Waals surface area contributed by atoms with E-state index in [1.165, 1.54) is 5.56 Å². The average molecular weight is 313 g/mol. The predicted molar refractivity (Wildman–Crippen MR) is 82.7 cm³/mol. The molecular weight excluding hydrogens is 294 g/mol. The lowest BCUT2D eigenvalue weighted by molar-refractivity contribution is 0.137. The van der Waals surface area contributed by atoms with Crippen LogP contribution in [0.5, 0.6) is 0 Å². The molecular formula is C16H19N5O2. The number of β-amino-alcohol motifs (C(OH)–C–C–N with tert-alkyl or cyclic N) is 1. The largest absolute Gasteiger partial charge is 0.391 e. The molecule has 23 heavy (non-hydrogen) atoms. The maximum atomic E-state index is 10.3. The molecule has 0 unspecified atom stereocenters. The Hall–Kier alpha value is -2.25. The molecule has 2 atom stereocenters. The fourth-order valence-electron chi connectivity index (χ4n) is 3.26. The number of pyridine rings is 1. The third-order valence-corrected chi connectivity index (χ3v) is 4.37. The van der Waals surface area contributed by atoms with Gasteiger partial charge in [-0.25, -0.2) is 9.50 Å². The monoisotopic (exact) mass is 313 g/mol. The molecule has 1 aliphatic heterocycles. The van der Waals surface area contributed by atoms with Crippen LogP contribution in [0.4, 0.5) is 0 Å². The maximum absolute atomic E-state index is 10.3. The summed E-state index contributed by atoms with van der Waals surface area (Å²) in [6.07, 6.45) is 3.85. The fraction of sp³-hybridized carbons (Fsp3) is 0.438. The molecule has 1 aliphatic rings. The summed E-state index contributed by atoms with van der Waals surface area (Å²) >= 11 is 0. The van der Waals surface area contributed by atoms with Crippen LogP contribution in [0.1, 0.15) is 17.0 Å². The van der Waals surface area contributed by atoms with Gasteiger partial charge in [0.05, 0.1) is 11.8 Å². The van der Waals surface area contributed by atoms with E-state index in [2.05, 4.69) is 20.1 Å². The van der Waals surface area contributed by atoms with E-state index in [9.17, 15) is 5.11 Å². The zero-order valence-corrected chi connectivity index (χ0v) is 13.0. The van der Waals surface area contributed by atoms with Gasteiger partial charge in [0.1, 0.15) is 12.1 Å². The van der Waals surface area contributed by atoms with Crippen molar-refractivity contribution in [3.05, 3.63) is 47.7 Å². The highest BCUT2D eigenvalue weighted by Gasteiger charge is 2.32. The molecule has 1 N–H and O–H groups in total. The van der Waals surface area contributed by atoms with E-state index in [0.717, 1.165) is 36.6 Å². The average Bonchev–Trinajstić information content (AvgIpc) is 3.21. The van der Waals surface area contributed by atoms with Gasteiger partial charge in [0.25, 0.3) is 0 Å². The van der Waals surface area contributed by atoms with Gasteiger partial charge in [-0.2, -0.15) is 5.10 Å². The predicted octanol–water partition coefficient (Wildman–Crippen LogP) is 1.06. The molecule has 4 rings (SSSR count). The third kappa shape index (κ3) is 2.97. The number of nitrogens with zero attached hydrogens (tertiary/aromatic N) is 5. The molecule has 0 bridgehead atoms. The molecule has 3 aromatic heterocycles. The van der Waals surface area contributed by atoms with E-state index in [1.54, 1.807) is 10.8 Å². The number of aromatic nitrogens is 4. The van der Waals surface area contributed by atoms with Crippen molar-refractivity contribution in [3.63, 3.8) is 0 Å². The molecule has 1 saturated heterocycles. The first-order chi connectivity index (χ1) is 11.2. The molecule has 1 fully saturated rings. The van der Waals surface area contributed by atoms with Crippen molar-refractivity contribution >= 4 is 5.65 Å². The second-order valence-electron chi connectivity index (χ2n) is 6.26. The molecule has 7 heteroatoms. The van der Waals surface area contributed by atoms with E-state index in [1.807, 2.05) is 31.3 Å². The Morgan fingerprint density at radius 2 is 2.26 bits per heavy atom. The standard InChI is InChI=1S/C16H19N5O2/c1-11-4-14(23-19-11)6-13-8-20(9-15(13)22)7-12-2-3-21-16(5-12)17-10-18-21/h2-5,10,13,15,22H,6-9H2,1H3/t13-,15-/m1/s1. The summed E-state index contributed by atoms with van der Waals surface area (Å²) in [5, 5.41) is 18.3. The SMILES string of the molecule is Cc1cc(C[C@@H]2CN(Cc3ccn4ncnc4c3)C[C@H]2O)on1. The van der Waals surface area contributed by atoms with Crippen LogP contribution in [0.15, 0.2) is 35.2 Å². The highest BCUT2D eigenvalue weighted by atomic mass is 16.5. The number of aliphatic hydroxyl groups excluding tert-OH is 1. The second kappa shape index (κ2) is 5.75. The molecule has 0 aromatic carbocycles. The molecule has 3 aromatic rings. The third-order valence-electron chi connectivity index (χ3n) is 4.37. The molecule has 0 aliphatic carbocycles. The number of hydrogen-bond acceptors (Lipinski definition) is 6. The number of aliphatic hydroxyl groups is 1. The minimum absolute atomic E-state index is 0.180. The van der Waals surface area contributed by atoms with E-state index in [0.29, 0.717) is 6.54 Å². The van der Waals surface area contributed by atoms with Gasteiger partial charge in [0, 0.05) is 44.2 Å². The molecule has 7 nitrogen and oxygen atoms in total. The maximum Gasteiger partial charge on any atom is 0.155 e. The molecule has 4 heterocycles. The Bertz CT molecular complexity index is 812. The summed E-state index contributed by atoms with van der Waals surface area (Å²) in [7, 11) is 0. The Balaban J connectivity index is 1.42. The van der Waals surface area contributed by atoms with Crippen molar-refractivity contribution in [1.29, 1.82) is 0 Å². The number of rotatable bonds is 4. The summed E-state index contributed by atoms with van der Waals surface area (Å²) < 4.78 is 7.02. The van der Waals surface area contributed by atoms with Crippen LogP contribution in [0.2, 0.25) is 0 Å². The molecule has 0 saturated carbocycles. The number of hydrogen-bond donors (Lipinski definition) is 1. The van der Waals surface area contributed by atoms with Crippen LogP contribution in [-0.2, 0) is 13.0 Å². The van der Waals surface area contributed by atoms with Crippen molar-refractivity contribution < 1.29 is 9.63 Å². The topological polar surface area (TPSA) is 79.7 Å². The highest BCUT2D eigenvalue weighted by Crippen LogP contribution is 2.23. The lowest BCUT2D eigenvalue weighted by atomic mass is 10.0. The molecule has 0 radical (unpaired) electrons. The van der Waals surface area contributed by atoms with Gasteiger partial charge < -0.3 is 9.63 Å². The first-order valence-electron chi connectivity index (χ1n) is 7.78. The first kappa shape index (κ1) is 14.3. The minimum Gasteiger partial charge on any atom is -0.391 e. The quantitative estimate of drug-likeness (QED) is 0.776. The van der Waals surface area contributed by atoms with Gasteiger partial charge in [-0.3, -0.25) is 4.90 Å². The van der Waals surface area contributed by atoms with Gasteiger partial charge in [-0.1, -0.05) is 5.16 Å². The van der Waals surface area contributed by atoms with Crippen molar-refractivity contribution in [2.24, 2.45) is 5.92 Å². The second-order valence-corrected chi connectivity index (χ2v) is 6.26. The number of aryl methyl sites for hydroxylation is 1. The van der Waals surface area contributed by atoms with Crippen LogP contribution in [-0.4, -0.2) is 49.0 Å². The van der Waals surface area contributed by atoms with Gasteiger partial charge in [-0.05, 0) is 24.6 Å². The highest BCUT2D eigenvalue weighted by molar-refractivity contribution is 5.39. The lowest BCUT2D eigenvalue weighted by Crippen LogP contribution is -2.21. The van der Waals surface area contributed by atoms with Crippen LogP contribution >= 0.6 is 0 Å². The summed E-state index contributed by atoms with van der Waals surface area (Å²) in [6, 6.07) is 6.02. The zero-order valence-electron chi connectivity index (χ0n) is 13.0.